The van der Waals surface area contributed by atoms with Gasteiger partial charge in [0.1, 0.15) is 11.1 Å². The first-order valence-corrected chi connectivity index (χ1v) is 9.31. The molecule has 3 rings (SSSR count). The van der Waals surface area contributed by atoms with E-state index in [9.17, 15) is 4.79 Å². The van der Waals surface area contributed by atoms with Crippen molar-refractivity contribution in [1.29, 1.82) is 0 Å². The molecule has 0 unspecified atom stereocenters. The maximum Gasteiger partial charge on any atom is 0.244 e. The highest BCUT2D eigenvalue weighted by Gasteiger charge is 2.15. The number of benzene rings is 1. The highest BCUT2D eigenvalue weighted by atomic mass is 35.5. The summed E-state index contributed by atoms with van der Waals surface area (Å²) < 4.78 is 1.76. The summed E-state index contributed by atoms with van der Waals surface area (Å²) >= 11 is 14.2. The van der Waals surface area contributed by atoms with Crippen LogP contribution in [0.5, 0.6) is 0 Å². The first-order valence-electron chi connectivity index (χ1n) is 7.33. The monoisotopic (exact) mass is 392 g/mol. The molecule has 2 aromatic heterocycles. The molecule has 5 nitrogen and oxygen atoms in total. The molecular weight excluding hydrogens is 379 g/mol. The minimum atomic E-state index is -0.321. The number of carbonyl (C=O) groups excluding carboxylic acids is 1. The summed E-state index contributed by atoms with van der Waals surface area (Å²) in [4.78, 5) is 24.7. The quantitative estimate of drug-likeness (QED) is 0.486. The number of aryl methyl sites for hydroxylation is 1. The number of thioether (sulfide) groups is 1. The lowest BCUT2D eigenvalue weighted by Gasteiger charge is -2.13. The average molecular weight is 393 g/mol. The SMILES string of the molecule is CSc1ncc2cc(-c3c(Cl)cccc3Cl)/c(=N\C(C)=O)n(C)c2n1. The van der Waals surface area contributed by atoms with Crippen LogP contribution in [0.3, 0.4) is 0 Å². The van der Waals surface area contributed by atoms with Crippen LogP contribution in [0.1, 0.15) is 6.92 Å². The molecule has 0 bridgehead atoms. The fraction of sp³-hybridized carbons (Fsp3) is 0.176. The first-order chi connectivity index (χ1) is 11.9. The molecule has 1 aromatic carbocycles. The smallest absolute Gasteiger partial charge is 0.244 e. The second kappa shape index (κ2) is 7.15. The summed E-state index contributed by atoms with van der Waals surface area (Å²) in [6, 6.07) is 7.12. The van der Waals surface area contributed by atoms with Gasteiger partial charge in [0.25, 0.3) is 0 Å². The van der Waals surface area contributed by atoms with Gasteiger partial charge in [-0.3, -0.25) is 4.79 Å². The molecule has 0 N–H and O–H groups in total. The zero-order chi connectivity index (χ0) is 18.1. The van der Waals surface area contributed by atoms with Crippen LogP contribution >= 0.6 is 35.0 Å². The van der Waals surface area contributed by atoms with Crippen molar-refractivity contribution in [3.63, 3.8) is 0 Å². The third kappa shape index (κ3) is 3.42. The van der Waals surface area contributed by atoms with E-state index in [0.29, 0.717) is 37.5 Å². The lowest BCUT2D eigenvalue weighted by molar-refractivity contribution is -0.116. The van der Waals surface area contributed by atoms with E-state index in [4.69, 9.17) is 23.2 Å². The molecule has 0 spiro atoms. The molecule has 2 heterocycles. The number of carbonyl (C=O) groups is 1. The van der Waals surface area contributed by atoms with Crippen molar-refractivity contribution in [2.45, 2.75) is 12.1 Å². The van der Waals surface area contributed by atoms with Gasteiger partial charge >= 0.3 is 0 Å². The normalized spacial score (nSPS) is 12.0. The molecule has 0 saturated carbocycles. The molecule has 0 atom stereocenters. The molecule has 25 heavy (non-hydrogen) atoms. The van der Waals surface area contributed by atoms with E-state index in [1.165, 1.54) is 18.7 Å². The van der Waals surface area contributed by atoms with Gasteiger partial charge in [-0.25, -0.2) is 9.97 Å². The summed E-state index contributed by atoms with van der Waals surface area (Å²) in [5.74, 6) is -0.321. The standard InChI is InChI=1S/C17H14Cl2N4OS/c1-9(24)21-16-11(14-12(18)5-4-6-13(14)19)7-10-8-20-17(25-3)22-15(10)23(16)2/h4-8H,1-3H3/b21-16+. The molecule has 0 saturated heterocycles. The van der Waals surface area contributed by atoms with Crippen molar-refractivity contribution in [2.24, 2.45) is 12.0 Å². The maximum atomic E-state index is 11.7. The Kier molecular flexibility index (Phi) is 5.13. The maximum absolute atomic E-state index is 11.7. The zero-order valence-corrected chi connectivity index (χ0v) is 16.1. The molecule has 0 aliphatic rings. The number of amides is 1. The van der Waals surface area contributed by atoms with E-state index in [-0.39, 0.29) is 5.91 Å². The number of nitrogens with zero attached hydrogens (tertiary/aromatic N) is 4. The lowest BCUT2D eigenvalue weighted by Crippen LogP contribution is -2.23. The van der Waals surface area contributed by atoms with E-state index in [2.05, 4.69) is 15.0 Å². The predicted molar refractivity (Wildman–Crippen MR) is 102 cm³/mol. The number of fused-ring (bicyclic) bond motifs is 1. The number of hydrogen-bond acceptors (Lipinski definition) is 4. The van der Waals surface area contributed by atoms with Gasteiger partial charge < -0.3 is 4.57 Å². The van der Waals surface area contributed by atoms with Gasteiger partial charge in [0.2, 0.25) is 5.91 Å². The van der Waals surface area contributed by atoms with Crippen LogP contribution < -0.4 is 5.49 Å². The van der Waals surface area contributed by atoms with Crippen molar-refractivity contribution in [1.82, 2.24) is 14.5 Å². The van der Waals surface area contributed by atoms with E-state index in [1.807, 2.05) is 12.3 Å². The van der Waals surface area contributed by atoms with Crippen LogP contribution in [0.25, 0.3) is 22.2 Å². The van der Waals surface area contributed by atoms with E-state index in [0.717, 1.165) is 5.39 Å². The van der Waals surface area contributed by atoms with Gasteiger partial charge in [-0.15, -0.1) is 0 Å². The fourth-order valence-electron chi connectivity index (χ4n) is 2.56. The van der Waals surface area contributed by atoms with Gasteiger partial charge in [0.05, 0.1) is 10.0 Å². The Morgan fingerprint density at radius 3 is 2.56 bits per heavy atom. The highest BCUT2D eigenvalue weighted by Crippen LogP contribution is 2.33. The van der Waals surface area contributed by atoms with Crippen molar-refractivity contribution in [3.05, 3.63) is 46.0 Å². The molecule has 0 aliphatic heterocycles. The Bertz CT molecular complexity index is 1040. The van der Waals surface area contributed by atoms with Crippen LogP contribution in [-0.2, 0) is 11.8 Å². The van der Waals surface area contributed by atoms with Crippen LogP contribution in [0.2, 0.25) is 10.0 Å². The van der Waals surface area contributed by atoms with Crippen molar-refractivity contribution in [3.8, 4) is 11.1 Å². The molecule has 0 fully saturated rings. The number of rotatable bonds is 2. The molecule has 128 valence electrons. The Morgan fingerprint density at radius 1 is 1.28 bits per heavy atom. The number of pyridine rings is 1. The van der Waals surface area contributed by atoms with E-state index in [1.54, 1.807) is 36.0 Å². The van der Waals surface area contributed by atoms with Gasteiger partial charge in [0.15, 0.2) is 5.16 Å². The number of hydrogen-bond donors (Lipinski definition) is 0. The van der Waals surface area contributed by atoms with Crippen LogP contribution in [0.15, 0.2) is 40.6 Å². The summed E-state index contributed by atoms with van der Waals surface area (Å²) in [6.07, 6.45) is 3.64. The number of aromatic nitrogens is 3. The average Bonchev–Trinajstić information content (AvgIpc) is 2.57. The molecule has 0 radical (unpaired) electrons. The van der Waals surface area contributed by atoms with Crippen molar-refractivity contribution in [2.75, 3.05) is 6.26 Å². The summed E-state index contributed by atoms with van der Waals surface area (Å²) in [7, 11) is 1.80. The first kappa shape index (κ1) is 17.9. The third-order valence-corrected chi connectivity index (χ3v) is 4.82. The minimum Gasteiger partial charge on any atom is -0.313 e. The third-order valence-electron chi connectivity index (χ3n) is 3.63. The fourth-order valence-corrected chi connectivity index (χ4v) is 3.50. The summed E-state index contributed by atoms with van der Waals surface area (Å²) in [5.41, 5.74) is 2.39. The Hall–Kier alpha value is -1.89. The van der Waals surface area contributed by atoms with Gasteiger partial charge in [-0.1, -0.05) is 41.0 Å². The van der Waals surface area contributed by atoms with Gasteiger partial charge in [-0.05, 0) is 24.5 Å². The van der Waals surface area contributed by atoms with Crippen LogP contribution in [0.4, 0.5) is 0 Å². The molecule has 3 aromatic rings. The summed E-state index contributed by atoms with van der Waals surface area (Å²) in [6.45, 7) is 1.40. The molecule has 0 aliphatic carbocycles. The van der Waals surface area contributed by atoms with Gasteiger partial charge in [-0.2, -0.15) is 4.99 Å². The van der Waals surface area contributed by atoms with Crippen LogP contribution in [0, 0.1) is 0 Å². The topological polar surface area (TPSA) is 60.1 Å². The predicted octanol–water partition coefficient (Wildman–Crippen LogP) is 4.11. The Balaban J connectivity index is 2.49. The Labute approximate surface area is 158 Å². The van der Waals surface area contributed by atoms with Crippen molar-refractivity contribution < 1.29 is 4.79 Å². The summed E-state index contributed by atoms with van der Waals surface area (Å²) in [5, 5.41) is 2.40. The van der Waals surface area contributed by atoms with E-state index < -0.39 is 0 Å². The molecular formula is C17H14Cl2N4OS. The van der Waals surface area contributed by atoms with Crippen molar-refractivity contribution >= 4 is 51.9 Å². The molecule has 1 amide bonds. The Morgan fingerprint density at radius 2 is 1.96 bits per heavy atom. The molecule has 8 heteroatoms. The number of halogens is 2. The minimum absolute atomic E-state index is 0.321. The largest absolute Gasteiger partial charge is 0.313 e. The van der Waals surface area contributed by atoms with E-state index >= 15 is 0 Å². The zero-order valence-electron chi connectivity index (χ0n) is 13.7. The second-order valence-electron chi connectivity index (χ2n) is 5.30. The van der Waals surface area contributed by atoms with Crippen LogP contribution in [-0.4, -0.2) is 26.7 Å². The lowest BCUT2D eigenvalue weighted by atomic mass is 10.1. The second-order valence-corrected chi connectivity index (χ2v) is 6.89. The highest BCUT2D eigenvalue weighted by molar-refractivity contribution is 7.98. The van der Waals surface area contributed by atoms with Gasteiger partial charge in [0, 0.05) is 36.7 Å².